The minimum Gasteiger partial charge on any atom is -0.871 e. The summed E-state index contributed by atoms with van der Waals surface area (Å²) < 4.78 is 11.1. The van der Waals surface area contributed by atoms with E-state index in [0.29, 0.717) is 34.8 Å². The molecule has 2 aliphatic heterocycles. The number of aliphatic hydroxyl groups excluding tert-OH is 1. The van der Waals surface area contributed by atoms with E-state index in [1.54, 1.807) is 29.2 Å². The van der Waals surface area contributed by atoms with Crippen molar-refractivity contribution in [3.8, 4) is 0 Å². The highest BCUT2D eigenvalue weighted by Crippen LogP contribution is 2.39. The van der Waals surface area contributed by atoms with E-state index in [-0.39, 0.29) is 18.1 Å². The van der Waals surface area contributed by atoms with Crippen molar-refractivity contribution < 1.29 is 24.2 Å². The van der Waals surface area contributed by atoms with E-state index in [0.717, 1.165) is 11.5 Å². The number of aliphatic hydroxyl groups is 1. The quantitative estimate of drug-likeness (QED) is 0.899. The van der Waals surface area contributed by atoms with Gasteiger partial charge in [0.2, 0.25) is 5.76 Å². The smallest absolute Gasteiger partial charge is 0.207 e. The third-order valence-corrected chi connectivity index (χ3v) is 4.74. The summed E-state index contributed by atoms with van der Waals surface area (Å²) in [5, 5.41) is 35.3. The molecule has 2 aromatic rings. The maximum absolute atomic E-state index is 12.9. The predicted molar refractivity (Wildman–Crippen MR) is 95.2 cm³/mol. The van der Waals surface area contributed by atoms with Crippen LogP contribution in [0.3, 0.4) is 0 Å². The van der Waals surface area contributed by atoms with Crippen LogP contribution in [0.1, 0.15) is 23.0 Å². The third-order valence-electron chi connectivity index (χ3n) is 4.74. The minimum atomic E-state index is -0.606. The highest BCUT2D eigenvalue weighted by atomic mass is 16.3. The van der Waals surface area contributed by atoms with E-state index >= 15 is 0 Å². The predicted octanol–water partition coefficient (Wildman–Crippen LogP) is 2.58. The number of hydrogen-bond donors (Lipinski definition) is 1. The van der Waals surface area contributed by atoms with Crippen LogP contribution >= 0.6 is 0 Å². The zero-order valence-electron chi connectivity index (χ0n) is 15.1. The normalized spacial score (nSPS) is 20.9. The first-order valence-electron chi connectivity index (χ1n) is 8.70. The summed E-state index contributed by atoms with van der Waals surface area (Å²) in [6.07, 6.45) is 4.92. The van der Waals surface area contributed by atoms with Crippen LogP contribution in [0.15, 0.2) is 73.7 Å². The minimum absolute atomic E-state index is 0.200. The molecule has 0 amide bonds. The molecule has 1 atom stereocenters. The number of rotatable bonds is 4. The summed E-state index contributed by atoms with van der Waals surface area (Å²) in [4.78, 5) is 1.54. The van der Waals surface area contributed by atoms with Crippen molar-refractivity contribution in [1.29, 1.82) is 0 Å². The first-order valence-corrected chi connectivity index (χ1v) is 8.70. The molecule has 1 N–H and O–H groups in total. The highest BCUT2D eigenvalue weighted by Gasteiger charge is 2.37. The molecule has 4 rings (SSSR count). The topological polar surface area (TPSA) is 92.7 Å². The lowest BCUT2D eigenvalue weighted by atomic mass is 10.0. The molecule has 27 heavy (non-hydrogen) atoms. The molecule has 0 fully saturated rings. The van der Waals surface area contributed by atoms with Crippen molar-refractivity contribution in [3.63, 3.8) is 0 Å². The number of hydrogen-bond acceptors (Lipinski definition) is 5. The third kappa shape index (κ3) is 3.08. The van der Waals surface area contributed by atoms with Gasteiger partial charge in [0.15, 0.2) is 0 Å². The van der Waals surface area contributed by atoms with Crippen molar-refractivity contribution in [1.82, 2.24) is 4.90 Å². The van der Waals surface area contributed by atoms with Gasteiger partial charge >= 0.3 is 0 Å². The van der Waals surface area contributed by atoms with Gasteiger partial charge in [0.05, 0.1) is 18.3 Å². The SMILES string of the molecule is Cc1ccc(/C=C2/C([O])=C3C=C(Cc4ccc(C)o4)C([O-])=CN3C2CO)o1. The highest BCUT2D eigenvalue weighted by molar-refractivity contribution is 5.62. The lowest BCUT2D eigenvalue weighted by Gasteiger charge is -2.31. The summed E-state index contributed by atoms with van der Waals surface area (Å²) in [7, 11) is 0. The van der Waals surface area contributed by atoms with Crippen LogP contribution in [0.2, 0.25) is 0 Å². The van der Waals surface area contributed by atoms with Crippen LogP contribution in [0, 0.1) is 13.8 Å². The van der Waals surface area contributed by atoms with Crippen LogP contribution in [0.5, 0.6) is 0 Å². The van der Waals surface area contributed by atoms with Gasteiger partial charge in [-0.1, -0.05) is 5.76 Å². The zero-order valence-corrected chi connectivity index (χ0v) is 15.1. The van der Waals surface area contributed by atoms with Crippen LogP contribution in [-0.4, -0.2) is 22.7 Å². The van der Waals surface area contributed by atoms with Gasteiger partial charge in [-0.25, -0.2) is 0 Å². The fourth-order valence-corrected chi connectivity index (χ4v) is 3.42. The molecule has 0 saturated carbocycles. The molecule has 0 bridgehead atoms. The Labute approximate surface area is 156 Å². The average Bonchev–Trinajstić information content (AvgIpc) is 3.29. The van der Waals surface area contributed by atoms with Gasteiger partial charge in [-0.2, -0.15) is 0 Å². The summed E-state index contributed by atoms with van der Waals surface area (Å²) in [5.74, 6) is 2.28. The second-order valence-corrected chi connectivity index (χ2v) is 6.72. The molecular formula is C21H19NO5-. The Morgan fingerprint density at radius 3 is 2.56 bits per heavy atom. The van der Waals surface area contributed by atoms with Crippen molar-refractivity contribution in [2.24, 2.45) is 0 Å². The van der Waals surface area contributed by atoms with Gasteiger partial charge < -0.3 is 23.9 Å². The van der Waals surface area contributed by atoms with Gasteiger partial charge in [0.25, 0.3) is 0 Å². The molecule has 2 aliphatic rings. The second kappa shape index (κ2) is 6.55. The van der Waals surface area contributed by atoms with Crippen molar-refractivity contribution in [2.45, 2.75) is 26.3 Å². The molecule has 0 spiro atoms. The fourth-order valence-electron chi connectivity index (χ4n) is 3.42. The Kier molecular flexibility index (Phi) is 4.20. The maximum Gasteiger partial charge on any atom is 0.207 e. The van der Waals surface area contributed by atoms with E-state index in [4.69, 9.17) is 8.83 Å². The monoisotopic (exact) mass is 365 g/mol. The molecule has 2 aromatic heterocycles. The van der Waals surface area contributed by atoms with Gasteiger partial charge in [0.1, 0.15) is 23.0 Å². The van der Waals surface area contributed by atoms with Crippen molar-refractivity contribution >= 4 is 6.08 Å². The van der Waals surface area contributed by atoms with E-state index in [9.17, 15) is 15.3 Å². The Morgan fingerprint density at radius 1 is 1.19 bits per heavy atom. The maximum atomic E-state index is 12.9. The molecular weight excluding hydrogens is 346 g/mol. The Morgan fingerprint density at radius 2 is 1.93 bits per heavy atom. The molecule has 1 radical (unpaired) electrons. The van der Waals surface area contributed by atoms with Crippen LogP contribution in [0.4, 0.5) is 0 Å². The standard InChI is InChI=1S/C21H20NO5/c1-12-3-5-15(26-12)7-14-8-18-21(25)17(9-16-6-4-13(2)27-16)19(11-23)22(18)10-20(14)24/h3-6,8-10,19,23-24H,7,11H2,1-2H3/p-1/b17-9+. The van der Waals surface area contributed by atoms with Crippen molar-refractivity contribution in [2.75, 3.05) is 6.61 Å². The van der Waals surface area contributed by atoms with Crippen molar-refractivity contribution in [3.05, 3.63) is 87.9 Å². The van der Waals surface area contributed by atoms with Crippen LogP contribution in [-0.2, 0) is 11.5 Å². The molecule has 0 aromatic carbocycles. The number of furan rings is 2. The number of aryl methyl sites for hydroxylation is 2. The van der Waals surface area contributed by atoms with E-state index in [1.807, 2.05) is 26.0 Å². The summed E-state index contributed by atoms with van der Waals surface area (Å²) in [6.45, 7) is 3.37. The largest absolute Gasteiger partial charge is 0.871 e. The molecule has 0 saturated heterocycles. The Bertz CT molecular complexity index is 1000. The Balaban J connectivity index is 1.72. The van der Waals surface area contributed by atoms with Gasteiger partial charge in [-0.3, -0.25) is 5.11 Å². The summed E-state index contributed by atoms with van der Waals surface area (Å²) in [6, 6.07) is 6.62. The van der Waals surface area contributed by atoms with Gasteiger partial charge in [-0.15, -0.1) is 0 Å². The number of fused-ring (bicyclic) bond motifs is 1. The summed E-state index contributed by atoms with van der Waals surface area (Å²) >= 11 is 0. The lowest BCUT2D eigenvalue weighted by molar-refractivity contribution is -0.299. The van der Waals surface area contributed by atoms with Gasteiger partial charge in [0, 0.05) is 12.0 Å². The fraction of sp³-hybridized carbons (Fsp3) is 0.238. The van der Waals surface area contributed by atoms with Crippen LogP contribution < -0.4 is 5.11 Å². The first-order chi connectivity index (χ1) is 13.0. The lowest BCUT2D eigenvalue weighted by Crippen LogP contribution is -2.33. The molecule has 139 valence electrons. The Hall–Kier alpha value is -3.12. The second-order valence-electron chi connectivity index (χ2n) is 6.72. The van der Waals surface area contributed by atoms with E-state index < -0.39 is 6.04 Å². The van der Waals surface area contributed by atoms with E-state index in [1.165, 1.54) is 6.20 Å². The number of nitrogens with zero attached hydrogens (tertiary/aromatic N) is 1. The molecule has 1 unspecified atom stereocenters. The summed E-state index contributed by atoms with van der Waals surface area (Å²) in [5.41, 5.74) is 1.26. The van der Waals surface area contributed by atoms with E-state index in [2.05, 4.69) is 0 Å². The number of allylic oxidation sites excluding steroid dienone is 2. The molecule has 6 heteroatoms. The average molecular weight is 365 g/mol. The molecule has 0 aliphatic carbocycles. The molecule has 4 heterocycles. The van der Waals surface area contributed by atoms with Crippen LogP contribution in [0.25, 0.3) is 6.08 Å². The molecule has 6 nitrogen and oxygen atoms in total. The first kappa shape index (κ1) is 17.3. The zero-order chi connectivity index (χ0) is 19.1. The van der Waals surface area contributed by atoms with Gasteiger partial charge in [-0.05, 0) is 62.0 Å².